The highest BCUT2D eigenvalue weighted by Gasteiger charge is 2.19. The van der Waals surface area contributed by atoms with Gasteiger partial charge in [0.05, 0.1) is 6.61 Å². The van der Waals surface area contributed by atoms with Crippen LogP contribution in [0.4, 0.5) is 0 Å². The van der Waals surface area contributed by atoms with Gasteiger partial charge in [-0.3, -0.25) is 0 Å². The van der Waals surface area contributed by atoms with Gasteiger partial charge in [0.2, 0.25) is 0 Å². The third-order valence-electron chi connectivity index (χ3n) is 4.62. The molecule has 0 aliphatic carbocycles. The zero-order valence-electron chi connectivity index (χ0n) is 16.4. The van der Waals surface area contributed by atoms with Gasteiger partial charge in [0.1, 0.15) is 25.3 Å². The third kappa shape index (κ3) is 5.58. The number of benzene rings is 2. The Balaban J connectivity index is 1.61. The topological polar surface area (TPSA) is 55.3 Å². The van der Waals surface area contributed by atoms with E-state index < -0.39 is 6.10 Å². The fourth-order valence-electron chi connectivity index (χ4n) is 3.02. The highest BCUT2D eigenvalue weighted by Crippen LogP contribution is 2.29. The number of aliphatic hydroxyl groups excluding tert-OH is 1. The normalized spacial score (nSPS) is 13.1. The van der Waals surface area contributed by atoms with Gasteiger partial charge < -0.3 is 19.9 Å². The molecule has 1 aromatic heterocycles. The second-order valence-electron chi connectivity index (χ2n) is 6.74. The standard InChI is InChI=1S/C23H27NO3S/c1-3-26-22-14-18(11-12-21(22)27-16-20-10-7-13-28-20)15-24-17(2)23(25)19-8-5-4-6-9-19/h4-14,17,23-25H,3,15-16H2,1-2H3/p+1/t17-,23-/m1/s1. The minimum atomic E-state index is -0.499. The van der Waals surface area contributed by atoms with E-state index in [9.17, 15) is 5.11 Å². The van der Waals surface area contributed by atoms with Crippen molar-refractivity contribution < 1.29 is 19.9 Å². The maximum Gasteiger partial charge on any atom is 0.161 e. The molecular formula is C23H28NO3S+. The van der Waals surface area contributed by atoms with Gasteiger partial charge in [0.15, 0.2) is 11.5 Å². The van der Waals surface area contributed by atoms with Crippen LogP contribution in [-0.4, -0.2) is 17.8 Å². The number of nitrogens with two attached hydrogens (primary N) is 1. The van der Waals surface area contributed by atoms with E-state index in [1.807, 2.05) is 67.8 Å². The molecule has 3 rings (SSSR count). The van der Waals surface area contributed by atoms with Gasteiger partial charge in [-0.25, -0.2) is 0 Å². The lowest BCUT2D eigenvalue weighted by Crippen LogP contribution is -2.88. The molecule has 0 spiro atoms. The van der Waals surface area contributed by atoms with E-state index in [0.717, 1.165) is 29.2 Å². The lowest BCUT2D eigenvalue weighted by Gasteiger charge is -2.18. The van der Waals surface area contributed by atoms with Crippen molar-refractivity contribution in [1.29, 1.82) is 0 Å². The lowest BCUT2D eigenvalue weighted by molar-refractivity contribution is -0.709. The first-order valence-electron chi connectivity index (χ1n) is 9.64. The first kappa shape index (κ1) is 20.4. The van der Waals surface area contributed by atoms with Crippen molar-refractivity contribution in [3.63, 3.8) is 0 Å². The number of hydrogen-bond donors (Lipinski definition) is 2. The zero-order chi connectivity index (χ0) is 19.8. The van der Waals surface area contributed by atoms with Crippen molar-refractivity contribution in [2.24, 2.45) is 0 Å². The van der Waals surface area contributed by atoms with Crippen LogP contribution in [-0.2, 0) is 13.2 Å². The largest absolute Gasteiger partial charge is 0.490 e. The molecule has 0 saturated carbocycles. The van der Waals surface area contributed by atoms with Crippen LogP contribution in [0.25, 0.3) is 0 Å². The molecule has 28 heavy (non-hydrogen) atoms. The number of quaternary nitrogens is 1. The quantitative estimate of drug-likeness (QED) is 0.544. The molecule has 0 amide bonds. The lowest BCUT2D eigenvalue weighted by atomic mass is 10.0. The van der Waals surface area contributed by atoms with Crippen molar-refractivity contribution in [2.75, 3.05) is 6.61 Å². The van der Waals surface area contributed by atoms with Gasteiger partial charge in [-0.1, -0.05) is 36.4 Å². The van der Waals surface area contributed by atoms with Crippen LogP contribution in [0.5, 0.6) is 11.5 Å². The van der Waals surface area contributed by atoms with Gasteiger partial charge in [-0.05, 0) is 49.1 Å². The van der Waals surface area contributed by atoms with E-state index in [0.29, 0.717) is 13.2 Å². The van der Waals surface area contributed by atoms with Gasteiger partial charge in [0, 0.05) is 10.4 Å². The Morgan fingerprint density at radius 3 is 2.54 bits per heavy atom. The Kier molecular flexibility index (Phi) is 7.48. The van der Waals surface area contributed by atoms with Crippen LogP contribution < -0.4 is 14.8 Å². The smallest absolute Gasteiger partial charge is 0.161 e. The number of ether oxygens (including phenoxy) is 2. The highest BCUT2D eigenvalue weighted by atomic mass is 32.1. The molecule has 0 aliphatic heterocycles. The van der Waals surface area contributed by atoms with Gasteiger partial charge in [-0.15, -0.1) is 11.3 Å². The minimum absolute atomic E-state index is 0.0488. The summed E-state index contributed by atoms with van der Waals surface area (Å²) in [4.78, 5) is 1.18. The Hall–Kier alpha value is -2.34. The number of thiophene rings is 1. The number of rotatable bonds is 10. The first-order chi connectivity index (χ1) is 13.7. The number of hydrogen-bond acceptors (Lipinski definition) is 4. The molecule has 4 nitrogen and oxygen atoms in total. The summed E-state index contributed by atoms with van der Waals surface area (Å²) >= 11 is 1.68. The van der Waals surface area contributed by atoms with Crippen LogP contribution in [0.15, 0.2) is 66.0 Å². The molecule has 2 aromatic carbocycles. The van der Waals surface area contributed by atoms with E-state index >= 15 is 0 Å². The van der Waals surface area contributed by atoms with E-state index in [2.05, 4.69) is 17.4 Å². The maximum atomic E-state index is 10.5. The summed E-state index contributed by atoms with van der Waals surface area (Å²) < 4.78 is 11.7. The van der Waals surface area contributed by atoms with Gasteiger partial charge in [0.25, 0.3) is 0 Å². The Labute approximate surface area is 170 Å². The predicted octanol–water partition coefficient (Wildman–Crippen LogP) is 3.91. The first-order valence-corrected chi connectivity index (χ1v) is 10.5. The summed E-state index contributed by atoms with van der Waals surface area (Å²) in [5.41, 5.74) is 2.08. The second kappa shape index (κ2) is 10.3. The Morgan fingerprint density at radius 1 is 1.00 bits per heavy atom. The SMILES string of the molecule is CCOc1cc(C[NH2+][C@H](C)[C@@H](O)c2ccccc2)ccc1OCc1cccs1. The molecule has 3 N–H and O–H groups in total. The molecule has 2 atom stereocenters. The van der Waals surface area contributed by atoms with Gasteiger partial charge in [-0.2, -0.15) is 0 Å². The second-order valence-corrected chi connectivity index (χ2v) is 7.77. The predicted molar refractivity (Wildman–Crippen MR) is 113 cm³/mol. The summed E-state index contributed by atoms with van der Waals surface area (Å²) in [6.45, 7) is 5.91. The molecule has 0 aliphatic rings. The van der Waals surface area contributed by atoms with Crippen molar-refractivity contribution >= 4 is 11.3 Å². The Bertz CT molecular complexity index is 836. The van der Waals surface area contributed by atoms with Crippen LogP contribution in [0, 0.1) is 0 Å². The molecule has 5 heteroatoms. The van der Waals surface area contributed by atoms with Crippen LogP contribution in [0.3, 0.4) is 0 Å². The van der Waals surface area contributed by atoms with Crippen molar-refractivity contribution in [1.82, 2.24) is 0 Å². The van der Waals surface area contributed by atoms with Crippen LogP contribution >= 0.6 is 11.3 Å². The van der Waals surface area contributed by atoms with Crippen LogP contribution in [0.1, 0.15) is 36.0 Å². The number of aliphatic hydroxyl groups is 1. The monoisotopic (exact) mass is 398 g/mol. The molecular weight excluding hydrogens is 370 g/mol. The van der Waals surface area contributed by atoms with Crippen molar-refractivity contribution in [2.45, 2.75) is 39.1 Å². The molecule has 0 fully saturated rings. The average molecular weight is 399 g/mol. The van der Waals surface area contributed by atoms with E-state index in [4.69, 9.17) is 9.47 Å². The third-order valence-corrected chi connectivity index (χ3v) is 5.47. The average Bonchev–Trinajstić information content (AvgIpc) is 3.25. The van der Waals surface area contributed by atoms with E-state index in [1.165, 1.54) is 4.88 Å². The van der Waals surface area contributed by atoms with Gasteiger partial charge >= 0.3 is 0 Å². The fourth-order valence-corrected chi connectivity index (χ4v) is 3.63. The summed E-state index contributed by atoms with van der Waals surface area (Å²) in [5, 5.41) is 14.7. The van der Waals surface area contributed by atoms with E-state index in [-0.39, 0.29) is 6.04 Å². The highest BCUT2D eigenvalue weighted by molar-refractivity contribution is 7.09. The maximum absolute atomic E-state index is 10.5. The van der Waals surface area contributed by atoms with Crippen molar-refractivity contribution in [3.8, 4) is 11.5 Å². The fraction of sp³-hybridized carbons (Fsp3) is 0.304. The molecule has 148 valence electrons. The molecule has 1 heterocycles. The van der Waals surface area contributed by atoms with E-state index in [1.54, 1.807) is 11.3 Å². The summed E-state index contributed by atoms with van der Waals surface area (Å²) in [5.74, 6) is 1.53. The molecule has 0 radical (unpaired) electrons. The summed E-state index contributed by atoms with van der Waals surface area (Å²) in [7, 11) is 0. The molecule has 0 unspecified atom stereocenters. The summed E-state index contributed by atoms with van der Waals surface area (Å²) in [6.07, 6.45) is -0.499. The zero-order valence-corrected chi connectivity index (χ0v) is 17.2. The van der Waals surface area contributed by atoms with Crippen molar-refractivity contribution in [3.05, 3.63) is 82.0 Å². The minimum Gasteiger partial charge on any atom is -0.490 e. The molecule has 0 bridgehead atoms. The molecule has 3 aromatic rings. The summed E-state index contributed by atoms with van der Waals surface area (Å²) in [6, 6.07) is 20.0. The Morgan fingerprint density at radius 2 is 1.82 bits per heavy atom. The molecule has 0 saturated heterocycles. The van der Waals surface area contributed by atoms with Crippen LogP contribution in [0.2, 0.25) is 0 Å².